The number of rotatable bonds is 2. The largest absolute Gasteiger partial charge is 0.340 e. The molecule has 0 aliphatic rings. The molecule has 2 aromatic carbocycles. The summed E-state index contributed by atoms with van der Waals surface area (Å²) in [5.41, 5.74) is 2.54. The first-order chi connectivity index (χ1) is 9.42. The molecule has 2 aromatic rings. The van der Waals surface area contributed by atoms with Crippen molar-refractivity contribution in [3.63, 3.8) is 0 Å². The van der Waals surface area contributed by atoms with Gasteiger partial charge in [0.15, 0.2) is 11.6 Å². The molecule has 0 atom stereocenters. The predicted molar refractivity (Wildman–Crippen MR) is 75.1 cm³/mol. The van der Waals surface area contributed by atoms with E-state index in [1.165, 1.54) is 4.90 Å². The van der Waals surface area contributed by atoms with Crippen molar-refractivity contribution in [3.05, 3.63) is 58.7 Å². The molecule has 0 unspecified atom stereocenters. The molecule has 0 aromatic heterocycles. The van der Waals surface area contributed by atoms with E-state index in [1.807, 2.05) is 32.0 Å². The van der Waals surface area contributed by atoms with E-state index in [9.17, 15) is 8.78 Å². The van der Waals surface area contributed by atoms with Crippen molar-refractivity contribution < 1.29 is 8.78 Å². The zero-order valence-corrected chi connectivity index (χ0v) is 11.5. The fraction of sp³-hybridized carbons (Fsp3) is 0.188. The average Bonchev–Trinajstić information content (AvgIpc) is 2.36. The lowest BCUT2D eigenvalue weighted by atomic mass is 10.1. The number of aryl methyl sites for hydroxylation is 2. The third-order valence-electron chi connectivity index (χ3n) is 3.08. The highest BCUT2D eigenvalue weighted by Crippen LogP contribution is 2.30. The second kappa shape index (κ2) is 5.30. The molecule has 0 heterocycles. The van der Waals surface area contributed by atoms with Crippen LogP contribution in [0.3, 0.4) is 0 Å². The highest BCUT2D eigenvalue weighted by atomic mass is 19.1. The molecule has 2 rings (SSSR count). The Bertz CT molecular complexity index is 659. The lowest BCUT2D eigenvalue weighted by molar-refractivity contribution is 0.583. The Morgan fingerprint density at radius 3 is 1.90 bits per heavy atom. The molecule has 2 nitrogen and oxygen atoms in total. The third kappa shape index (κ3) is 2.62. The number of halogens is 2. The number of anilines is 2. The van der Waals surface area contributed by atoms with Crippen molar-refractivity contribution in [1.29, 1.82) is 5.26 Å². The molecule has 0 saturated carbocycles. The number of benzene rings is 2. The number of nitrogens with zero attached hydrogens (tertiary/aromatic N) is 2. The first kappa shape index (κ1) is 14.0. The molecular formula is C16H14F2N2. The van der Waals surface area contributed by atoms with Gasteiger partial charge in [0.25, 0.3) is 0 Å². The van der Waals surface area contributed by atoms with Crippen LogP contribution in [0.5, 0.6) is 0 Å². The van der Waals surface area contributed by atoms with Gasteiger partial charge >= 0.3 is 0 Å². The van der Waals surface area contributed by atoms with Gasteiger partial charge in [-0.05, 0) is 49.2 Å². The summed E-state index contributed by atoms with van der Waals surface area (Å²) < 4.78 is 28.0. The van der Waals surface area contributed by atoms with Crippen LogP contribution in [-0.2, 0) is 0 Å². The first-order valence-electron chi connectivity index (χ1n) is 6.13. The predicted octanol–water partition coefficient (Wildman–Crippen LogP) is 4.22. The lowest BCUT2D eigenvalue weighted by Gasteiger charge is -2.22. The maximum atomic E-state index is 14.0. The normalized spacial score (nSPS) is 10.2. The van der Waals surface area contributed by atoms with E-state index in [4.69, 9.17) is 5.26 Å². The van der Waals surface area contributed by atoms with E-state index < -0.39 is 11.6 Å². The van der Waals surface area contributed by atoms with E-state index >= 15 is 0 Å². The Morgan fingerprint density at radius 2 is 1.45 bits per heavy atom. The summed E-state index contributed by atoms with van der Waals surface area (Å²) in [6.45, 7) is 3.85. The Labute approximate surface area is 116 Å². The van der Waals surface area contributed by atoms with Gasteiger partial charge in [-0.15, -0.1) is 0 Å². The molecule has 4 heteroatoms. The second-order valence-electron chi connectivity index (χ2n) is 4.81. The van der Waals surface area contributed by atoms with Gasteiger partial charge in [-0.25, -0.2) is 8.78 Å². The molecule has 0 N–H and O–H groups in total. The number of nitriles is 1. The second-order valence-corrected chi connectivity index (χ2v) is 4.81. The summed E-state index contributed by atoms with van der Waals surface area (Å²) in [7, 11) is 1.60. The molecule has 0 spiro atoms. The van der Waals surface area contributed by atoms with Crippen LogP contribution in [0.15, 0.2) is 30.3 Å². The zero-order chi connectivity index (χ0) is 14.9. The van der Waals surface area contributed by atoms with Crippen LogP contribution in [0, 0.1) is 36.8 Å². The van der Waals surface area contributed by atoms with Crippen molar-refractivity contribution in [2.75, 3.05) is 11.9 Å². The van der Waals surface area contributed by atoms with Crippen LogP contribution in [-0.4, -0.2) is 7.05 Å². The van der Waals surface area contributed by atoms with Crippen LogP contribution >= 0.6 is 0 Å². The van der Waals surface area contributed by atoms with E-state index in [1.54, 1.807) is 13.1 Å². The Hall–Kier alpha value is -2.41. The topological polar surface area (TPSA) is 27.0 Å². The van der Waals surface area contributed by atoms with Crippen molar-refractivity contribution in [1.82, 2.24) is 0 Å². The minimum absolute atomic E-state index is 0.0300. The van der Waals surface area contributed by atoms with Gasteiger partial charge in [0.2, 0.25) is 0 Å². The fourth-order valence-corrected chi connectivity index (χ4v) is 2.22. The van der Waals surface area contributed by atoms with Crippen LogP contribution in [0.1, 0.15) is 16.7 Å². The fourth-order valence-electron chi connectivity index (χ4n) is 2.22. The highest BCUT2D eigenvalue weighted by molar-refractivity contribution is 5.65. The minimum atomic E-state index is -0.747. The van der Waals surface area contributed by atoms with Gasteiger partial charge in [0.05, 0.1) is 11.6 Å². The molecule has 0 aliphatic carbocycles. The van der Waals surface area contributed by atoms with Crippen LogP contribution in [0.4, 0.5) is 20.2 Å². The zero-order valence-electron chi connectivity index (χ0n) is 11.5. The van der Waals surface area contributed by atoms with Gasteiger partial charge in [0.1, 0.15) is 5.69 Å². The van der Waals surface area contributed by atoms with Crippen molar-refractivity contribution in [2.45, 2.75) is 13.8 Å². The summed E-state index contributed by atoms with van der Waals surface area (Å²) in [6, 6.07) is 9.50. The minimum Gasteiger partial charge on any atom is -0.340 e. The maximum Gasteiger partial charge on any atom is 0.151 e. The van der Waals surface area contributed by atoms with Crippen molar-refractivity contribution in [3.8, 4) is 6.07 Å². The standard InChI is InChI=1S/C16H14F2N2/c1-10-4-11(2)6-13(5-10)20(3)16-14(17)7-12(9-19)8-15(16)18/h4-8H,1-3H3. The molecule has 102 valence electrons. The SMILES string of the molecule is Cc1cc(C)cc(N(C)c2c(F)cc(C#N)cc2F)c1. The van der Waals surface area contributed by atoms with E-state index in [2.05, 4.69) is 0 Å². The smallest absolute Gasteiger partial charge is 0.151 e. The van der Waals surface area contributed by atoms with E-state index in [-0.39, 0.29) is 11.3 Å². The van der Waals surface area contributed by atoms with Gasteiger partial charge < -0.3 is 4.90 Å². The van der Waals surface area contributed by atoms with E-state index in [0.717, 1.165) is 23.3 Å². The molecule has 0 fully saturated rings. The average molecular weight is 272 g/mol. The molecule has 0 bridgehead atoms. The van der Waals surface area contributed by atoms with Crippen LogP contribution < -0.4 is 4.90 Å². The molecule has 0 radical (unpaired) electrons. The maximum absolute atomic E-state index is 14.0. The summed E-state index contributed by atoms with van der Waals surface area (Å²) >= 11 is 0. The molecule has 20 heavy (non-hydrogen) atoms. The molecular weight excluding hydrogens is 258 g/mol. The highest BCUT2D eigenvalue weighted by Gasteiger charge is 2.17. The molecule has 0 saturated heterocycles. The summed E-state index contributed by atoms with van der Waals surface area (Å²) in [5, 5.41) is 8.71. The summed E-state index contributed by atoms with van der Waals surface area (Å²) in [4.78, 5) is 1.45. The number of hydrogen-bond acceptors (Lipinski definition) is 2. The van der Waals surface area contributed by atoms with Gasteiger partial charge in [-0.1, -0.05) is 6.07 Å². The third-order valence-corrected chi connectivity index (χ3v) is 3.08. The van der Waals surface area contributed by atoms with Crippen molar-refractivity contribution in [2.24, 2.45) is 0 Å². The van der Waals surface area contributed by atoms with Gasteiger partial charge in [-0.3, -0.25) is 0 Å². The first-order valence-corrected chi connectivity index (χ1v) is 6.13. The Morgan fingerprint density at radius 1 is 0.950 bits per heavy atom. The summed E-state index contributed by atoms with van der Waals surface area (Å²) in [5.74, 6) is -1.49. The Kier molecular flexibility index (Phi) is 3.71. The van der Waals surface area contributed by atoms with Crippen LogP contribution in [0.25, 0.3) is 0 Å². The summed E-state index contributed by atoms with van der Waals surface area (Å²) in [6.07, 6.45) is 0. The van der Waals surface area contributed by atoms with Gasteiger partial charge in [-0.2, -0.15) is 5.26 Å². The van der Waals surface area contributed by atoms with E-state index in [0.29, 0.717) is 5.69 Å². The van der Waals surface area contributed by atoms with Gasteiger partial charge in [0, 0.05) is 12.7 Å². The van der Waals surface area contributed by atoms with Crippen LogP contribution in [0.2, 0.25) is 0 Å². The number of hydrogen-bond donors (Lipinski definition) is 0. The molecule has 0 aliphatic heterocycles. The molecule has 0 amide bonds. The quantitative estimate of drug-likeness (QED) is 0.818. The monoisotopic (exact) mass is 272 g/mol. The lowest BCUT2D eigenvalue weighted by Crippen LogP contribution is -2.14. The Balaban J connectivity index is 2.54. The van der Waals surface area contributed by atoms with Crippen molar-refractivity contribution >= 4 is 11.4 Å².